The summed E-state index contributed by atoms with van der Waals surface area (Å²) >= 11 is 0. The second kappa shape index (κ2) is 6.69. The van der Waals surface area contributed by atoms with E-state index in [4.69, 9.17) is 0 Å². The third-order valence-corrected chi connectivity index (χ3v) is 4.64. The molecule has 1 saturated carbocycles. The average molecular weight is 306 g/mol. The molecule has 1 unspecified atom stereocenters. The van der Waals surface area contributed by atoms with Gasteiger partial charge in [0.25, 0.3) is 0 Å². The van der Waals surface area contributed by atoms with E-state index in [9.17, 15) is 0 Å². The Balaban J connectivity index is 1.89. The highest BCUT2D eigenvalue weighted by atomic mass is 15.4. The molecular formula is C18H34N4. The maximum atomic E-state index is 4.35. The van der Waals surface area contributed by atoms with Crippen molar-refractivity contribution in [3.8, 4) is 0 Å². The van der Waals surface area contributed by atoms with Crippen molar-refractivity contribution in [1.29, 1.82) is 0 Å². The zero-order valence-corrected chi connectivity index (χ0v) is 15.3. The minimum atomic E-state index is 0.196. The second-order valence-electron chi connectivity index (χ2n) is 9.00. The van der Waals surface area contributed by atoms with Gasteiger partial charge in [0.15, 0.2) is 0 Å². The van der Waals surface area contributed by atoms with Gasteiger partial charge < -0.3 is 5.32 Å². The molecule has 1 aromatic rings. The zero-order valence-electron chi connectivity index (χ0n) is 15.3. The molecule has 0 spiro atoms. The fourth-order valence-corrected chi connectivity index (χ4v) is 3.17. The lowest BCUT2D eigenvalue weighted by Crippen LogP contribution is -2.36. The Bertz CT molecular complexity index is 460. The highest BCUT2D eigenvalue weighted by molar-refractivity contribution is 4.97. The topological polar surface area (TPSA) is 42.7 Å². The summed E-state index contributed by atoms with van der Waals surface area (Å²) in [6.07, 6.45) is 6.92. The van der Waals surface area contributed by atoms with Gasteiger partial charge in [0, 0.05) is 12.1 Å². The second-order valence-corrected chi connectivity index (χ2v) is 9.00. The monoisotopic (exact) mass is 306 g/mol. The predicted octanol–water partition coefficient (Wildman–Crippen LogP) is 3.67. The first-order valence-corrected chi connectivity index (χ1v) is 8.79. The third-order valence-electron chi connectivity index (χ3n) is 4.64. The molecule has 0 aromatic carbocycles. The van der Waals surface area contributed by atoms with Gasteiger partial charge in [0.2, 0.25) is 0 Å². The molecule has 1 fully saturated rings. The van der Waals surface area contributed by atoms with E-state index < -0.39 is 0 Å². The fourth-order valence-electron chi connectivity index (χ4n) is 3.17. The van der Waals surface area contributed by atoms with Crippen LogP contribution in [0, 0.1) is 17.3 Å². The molecule has 0 bridgehead atoms. The Morgan fingerprint density at radius 2 is 1.91 bits per heavy atom. The summed E-state index contributed by atoms with van der Waals surface area (Å²) < 4.78 is 2.16. The van der Waals surface area contributed by atoms with Gasteiger partial charge in [-0.15, -0.1) is 5.10 Å². The standard InChI is InChI=1S/C18H34N4/c1-17(2,3)16(14-9-10-14)13-22-15(12-20-21-22)8-7-11-19-18(4,5)6/h12,14,16,19H,7-11,13H2,1-6H3. The molecule has 1 aliphatic rings. The van der Waals surface area contributed by atoms with Crippen LogP contribution in [0.3, 0.4) is 0 Å². The molecule has 0 radical (unpaired) electrons. The number of aromatic nitrogens is 3. The maximum absolute atomic E-state index is 4.35. The molecule has 1 N–H and O–H groups in total. The van der Waals surface area contributed by atoms with Crippen LogP contribution in [-0.2, 0) is 13.0 Å². The highest BCUT2D eigenvalue weighted by Crippen LogP contribution is 2.46. The van der Waals surface area contributed by atoms with Crippen molar-refractivity contribution >= 4 is 0 Å². The lowest BCUT2D eigenvalue weighted by molar-refractivity contribution is 0.175. The minimum Gasteiger partial charge on any atom is -0.312 e. The Morgan fingerprint density at radius 1 is 1.23 bits per heavy atom. The maximum Gasteiger partial charge on any atom is 0.0725 e. The number of hydrogen-bond donors (Lipinski definition) is 1. The molecule has 2 rings (SSSR count). The van der Waals surface area contributed by atoms with E-state index in [-0.39, 0.29) is 5.54 Å². The summed E-state index contributed by atoms with van der Waals surface area (Å²) in [5.41, 5.74) is 1.82. The van der Waals surface area contributed by atoms with Crippen molar-refractivity contribution in [2.24, 2.45) is 17.3 Å². The van der Waals surface area contributed by atoms with E-state index in [1.165, 1.54) is 18.5 Å². The number of nitrogens with zero attached hydrogens (tertiary/aromatic N) is 3. The largest absolute Gasteiger partial charge is 0.312 e. The van der Waals surface area contributed by atoms with Crippen LogP contribution in [-0.4, -0.2) is 27.1 Å². The molecule has 0 aliphatic heterocycles. The quantitative estimate of drug-likeness (QED) is 0.782. The Kier molecular flexibility index (Phi) is 5.31. The van der Waals surface area contributed by atoms with Crippen LogP contribution in [0.2, 0.25) is 0 Å². The third kappa shape index (κ3) is 5.38. The van der Waals surface area contributed by atoms with Gasteiger partial charge in [-0.1, -0.05) is 26.0 Å². The summed E-state index contributed by atoms with van der Waals surface area (Å²) in [5, 5.41) is 12.1. The van der Waals surface area contributed by atoms with Gasteiger partial charge in [0.05, 0.1) is 11.9 Å². The lowest BCUT2D eigenvalue weighted by Gasteiger charge is -2.31. The van der Waals surface area contributed by atoms with Gasteiger partial charge in [-0.05, 0) is 70.3 Å². The van der Waals surface area contributed by atoms with Crippen LogP contribution in [0.4, 0.5) is 0 Å². The number of aryl methyl sites for hydroxylation is 1. The van der Waals surface area contributed by atoms with Gasteiger partial charge >= 0.3 is 0 Å². The van der Waals surface area contributed by atoms with Crippen LogP contribution in [0.1, 0.15) is 66.5 Å². The summed E-state index contributed by atoms with van der Waals surface area (Å²) in [4.78, 5) is 0. The van der Waals surface area contributed by atoms with Crippen molar-refractivity contribution in [2.45, 2.75) is 79.3 Å². The molecular weight excluding hydrogens is 272 g/mol. The first kappa shape index (κ1) is 17.5. The van der Waals surface area contributed by atoms with E-state index in [1.54, 1.807) is 0 Å². The molecule has 22 heavy (non-hydrogen) atoms. The molecule has 1 heterocycles. The lowest BCUT2D eigenvalue weighted by atomic mass is 9.77. The van der Waals surface area contributed by atoms with Crippen molar-refractivity contribution < 1.29 is 0 Å². The van der Waals surface area contributed by atoms with Crippen molar-refractivity contribution in [1.82, 2.24) is 20.3 Å². The van der Waals surface area contributed by atoms with Gasteiger partial charge in [-0.2, -0.15) is 0 Å². The van der Waals surface area contributed by atoms with Crippen molar-refractivity contribution in [2.75, 3.05) is 6.54 Å². The summed E-state index contributed by atoms with van der Waals surface area (Å²) in [7, 11) is 0. The summed E-state index contributed by atoms with van der Waals surface area (Å²) in [6, 6.07) is 0. The SMILES string of the molecule is CC(C)(C)NCCCc1cnnn1CC(C1CC1)C(C)(C)C. The van der Waals surface area contributed by atoms with Gasteiger partial charge in [0.1, 0.15) is 0 Å². The first-order chi connectivity index (χ1) is 10.2. The average Bonchev–Trinajstić information content (AvgIpc) is 3.10. The molecule has 0 saturated heterocycles. The Labute approximate surface area is 136 Å². The summed E-state index contributed by atoms with van der Waals surface area (Å²) in [5.74, 6) is 1.60. The van der Waals surface area contributed by atoms with Crippen LogP contribution < -0.4 is 5.32 Å². The van der Waals surface area contributed by atoms with Crippen LogP contribution >= 0.6 is 0 Å². The number of nitrogens with one attached hydrogen (secondary N) is 1. The molecule has 0 amide bonds. The van der Waals surface area contributed by atoms with Crippen molar-refractivity contribution in [3.05, 3.63) is 11.9 Å². The predicted molar refractivity (Wildman–Crippen MR) is 91.8 cm³/mol. The number of hydrogen-bond acceptors (Lipinski definition) is 3. The fraction of sp³-hybridized carbons (Fsp3) is 0.889. The zero-order chi connectivity index (χ0) is 16.4. The van der Waals surface area contributed by atoms with E-state index in [2.05, 4.69) is 61.9 Å². The van der Waals surface area contributed by atoms with Crippen LogP contribution in [0.5, 0.6) is 0 Å². The van der Waals surface area contributed by atoms with Crippen molar-refractivity contribution in [3.63, 3.8) is 0 Å². The van der Waals surface area contributed by atoms with Crippen LogP contribution in [0.15, 0.2) is 6.20 Å². The Hall–Kier alpha value is -0.900. The molecule has 1 aliphatic carbocycles. The van der Waals surface area contributed by atoms with E-state index >= 15 is 0 Å². The van der Waals surface area contributed by atoms with Gasteiger partial charge in [-0.3, -0.25) is 0 Å². The van der Waals surface area contributed by atoms with E-state index in [0.717, 1.165) is 31.8 Å². The van der Waals surface area contributed by atoms with E-state index in [0.29, 0.717) is 11.3 Å². The molecule has 4 heteroatoms. The first-order valence-electron chi connectivity index (χ1n) is 8.79. The highest BCUT2D eigenvalue weighted by Gasteiger charge is 2.39. The minimum absolute atomic E-state index is 0.196. The van der Waals surface area contributed by atoms with Gasteiger partial charge in [-0.25, -0.2) is 4.68 Å². The molecule has 4 nitrogen and oxygen atoms in total. The smallest absolute Gasteiger partial charge is 0.0725 e. The molecule has 1 atom stereocenters. The summed E-state index contributed by atoms with van der Waals surface area (Å²) in [6.45, 7) is 15.8. The van der Waals surface area contributed by atoms with Crippen LogP contribution in [0.25, 0.3) is 0 Å². The molecule has 126 valence electrons. The number of rotatable bonds is 7. The molecule has 1 aromatic heterocycles. The Morgan fingerprint density at radius 3 is 2.45 bits per heavy atom. The van der Waals surface area contributed by atoms with E-state index in [1.807, 2.05) is 6.20 Å². The normalized spacial score (nSPS) is 17.7.